The molecule has 5 nitrogen and oxygen atoms in total. The molecule has 118 valence electrons. The summed E-state index contributed by atoms with van der Waals surface area (Å²) in [5.41, 5.74) is 1.85. The first-order valence-corrected chi connectivity index (χ1v) is 7.25. The molecule has 0 N–H and O–H groups in total. The summed E-state index contributed by atoms with van der Waals surface area (Å²) in [5.74, 6) is 2.54. The van der Waals surface area contributed by atoms with Gasteiger partial charge in [0.05, 0.1) is 26.2 Å². The van der Waals surface area contributed by atoms with E-state index in [1.807, 2.05) is 36.4 Å². The molecule has 23 heavy (non-hydrogen) atoms. The van der Waals surface area contributed by atoms with Crippen LogP contribution in [0.5, 0.6) is 23.0 Å². The third-order valence-corrected chi connectivity index (χ3v) is 3.87. The number of methoxy groups -OCH3 is 2. The minimum Gasteiger partial charge on any atom is -0.497 e. The van der Waals surface area contributed by atoms with Crippen LogP contribution in [0.4, 0.5) is 0 Å². The first-order chi connectivity index (χ1) is 11.2. The molecule has 0 radical (unpaired) electrons. The number of hydrogen-bond acceptors (Lipinski definition) is 5. The van der Waals surface area contributed by atoms with Crippen LogP contribution in [0, 0.1) is 11.3 Å². The Morgan fingerprint density at radius 1 is 1.09 bits per heavy atom. The van der Waals surface area contributed by atoms with E-state index in [1.54, 1.807) is 14.2 Å². The van der Waals surface area contributed by atoms with Gasteiger partial charge < -0.3 is 18.9 Å². The van der Waals surface area contributed by atoms with Crippen LogP contribution in [0.15, 0.2) is 36.4 Å². The molecule has 0 fully saturated rings. The summed E-state index contributed by atoms with van der Waals surface area (Å²) in [6, 6.07) is 13.6. The molecule has 1 heterocycles. The molecule has 0 saturated heterocycles. The van der Waals surface area contributed by atoms with Crippen LogP contribution in [0.3, 0.4) is 0 Å². The summed E-state index contributed by atoms with van der Waals surface area (Å²) in [7, 11) is 3.22. The zero-order valence-corrected chi connectivity index (χ0v) is 13.0. The number of ether oxygens (including phenoxy) is 4. The molecule has 0 spiro atoms. The predicted molar refractivity (Wildman–Crippen MR) is 84.2 cm³/mol. The SMILES string of the molecule is COc1ccc(CC(C#N)c2ccc3c(c2)OCO3)c(OC)c1. The molecule has 2 aromatic rings. The number of fused-ring (bicyclic) bond motifs is 1. The third-order valence-electron chi connectivity index (χ3n) is 3.87. The number of benzene rings is 2. The third kappa shape index (κ3) is 3.02. The van der Waals surface area contributed by atoms with Gasteiger partial charge in [-0.1, -0.05) is 12.1 Å². The van der Waals surface area contributed by atoms with Crippen molar-refractivity contribution >= 4 is 0 Å². The van der Waals surface area contributed by atoms with E-state index in [9.17, 15) is 5.26 Å². The fourth-order valence-electron chi connectivity index (χ4n) is 2.61. The Kier molecular flexibility index (Phi) is 4.24. The number of nitrogens with zero attached hydrogens (tertiary/aromatic N) is 1. The van der Waals surface area contributed by atoms with Crippen molar-refractivity contribution in [3.05, 3.63) is 47.5 Å². The molecule has 1 unspecified atom stereocenters. The van der Waals surface area contributed by atoms with E-state index in [4.69, 9.17) is 18.9 Å². The smallest absolute Gasteiger partial charge is 0.231 e. The fraction of sp³-hybridized carbons (Fsp3) is 0.278. The van der Waals surface area contributed by atoms with Crippen molar-refractivity contribution in [3.8, 4) is 29.1 Å². The molecule has 0 amide bonds. The van der Waals surface area contributed by atoms with Gasteiger partial charge >= 0.3 is 0 Å². The average molecular weight is 311 g/mol. The maximum atomic E-state index is 9.57. The number of rotatable bonds is 5. The van der Waals surface area contributed by atoms with Crippen molar-refractivity contribution in [2.75, 3.05) is 21.0 Å². The van der Waals surface area contributed by atoms with Gasteiger partial charge in [-0.05, 0) is 35.7 Å². The summed E-state index contributed by atoms with van der Waals surface area (Å²) >= 11 is 0. The second-order valence-electron chi connectivity index (χ2n) is 5.18. The van der Waals surface area contributed by atoms with Gasteiger partial charge in [0.15, 0.2) is 11.5 Å². The molecule has 0 bridgehead atoms. The zero-order valence-electron chi connectivity index (χ0n) is 13.0. The normalized spacial score (nSPS) is 13.3. The van der Waals surface area contributed by atoms with Crippen molar-refractivity contribution in [2.45, 2.75) is 12.3 Å². The first-order valence-electron chi connectivity index (χ1n) is 7.25. The first kappa shape index (κ1) is 15.0. The van der Waals surface area contributed by atoms with Crippen molar-refractivity contribution in [3.63, 3.8) is 0 Å². The van der Waals surface area contributed by atoms with E-state index < -0.39 is 0 Å². The fourth-order valence-corrected chi connectivity index (χ4v) is 2.61. The standard InChI is InChI=1S/C18H17NO4/c1-20-15-5-3-13(17(9-15)21-2)7-14(10-19)12-4-6-16-18(8-12)23-11-22-16/h3-6,8-9,14H,7,11H2,1-2H3. The molecular formula is C18H17NO4. The average Bonchev–Trinajstić information content (AvgIpc) is 3.07. The van der Waals surface area contributed by atoms with Gasteiger partial charge in [0, 0.05) is 6.07 Å². The predicted octanol–water partition coefficient (Wildman–Crippen LogP) is 3.28. The van der Waals surface area contributed by atoms with E-state index in [1.165, 1.54) is 0 Å². The van der Waals surface area contributed by atoms with Crippen molar-refractivity contribution in [1.29, 1.82) is 5.26 Å². The summed E-state index contributed by atoms with van der Waals surface area (Å²) in [6.07, 6.45) is 0.545. The lowest BCUT2D eigenvalue weighted by Crippen LogP contribution is -2.03. The summed E-state index contributed by atoms with van der Waals surface area (Å²) < 4.78 is 21.3. The van der Waals surface area contributed by atoms with E-state index in [2.05, 4.69) is 6.07 Å². The maximum absolute atomic E-state index is 9.57. The summed E-state index contributed by atoms with van der Waals surface area (Å²) in [6.45, 7) is 0.225. The quantitative estimate of drug-likeness (QED) is 0.848. The van der Waals surface area contributed by atoms with E-state index in [-0.39, 0.29) is 12.7 Å². The van der Waals surface area contributed by atoms with E-state index in [0.29, 0.717) is 23.7 Å². The molecule has 3 rings (SSSR count). The monoisotopic (exact) mass is 311 g/mol. The minimum absolute atomic E-state index is 0.225. The molecule has 0 saturated carbocycles. The highest BCUT2D eigenvalue weighted by Crippen LogP contribution is 2.36. The van der Waals surface area contributed by atoms with Crippen molar-refractivity contribution in [1.82, 2.24) is 0 Å². The molecular weight excluding hydrogens is 294 g/mol. The van der Waals surface area contributed by atoms with Gasteiger partial charge in [-0.25, -0.2) is 0 Å². The van der Waals surface area contributed by atoms with Crippen LogP contribution in [-0.4, -0.2) is 21.0 Å². The molecule has 0 aliphatic carbocycles. The van der Waals surface area contributed by atoms with Crippen LogP contribution in [0.25, 0.3) is 0 Å². The van der Waals surface area contributed by atoms with Gasteiger partial charge in [-0.2, -0.15) is 5.26 Å². The maximum Gasteiger partial charge on any atom is 0.231 e. The number of nitriles is 1. The second-order valence-corrected chi connectivity index (χ2v) is 5.18. The second kappa shape index (κ2) is 6.49. The van der Waals surface area contributed by atoms with E-state index >= 15 is 0 Å². The zero-order chi connectivity index (χ0) is 16.2. The highest BCUT2D eigenvalue weighted by atomic mass is 16.7. The van der Waals surface area contributed by atoms with Crippen LogP contribution < -0.4 is 18.9 Å². The molecule has 1 aliphatic heterocycles. The Hall–Kier alpha value is -2.87. The Balaban J connectivity index is 1.87. The van der Waals surface area contributed by atoms with Crippen molar-refractivity contribution in [2.24, 2.45) is 0 Å². The molecule has 1 atom stereocenters. The molecule has 5 heteroatoms. The largest absolute Gasteiger partial charge is 0.497 e. The summed E-state index contributed by atoms with van der Waals surface area (Å²) in [4.78, 5) is 0. The Labute approximate surface area is 135 Å². The molecule has 1 aliphatic rings. The Bertz CT molecular complexity index is 751. The van der Waals surface area contributed by atoms with Gasteiger partial charge in [0.2, 0.25) is 6.79 Å². The van der Waals surface area contributed by atoms with Gasteiger partial charge in [-0.15, -0.1) is 0 Å². The molecule has 0 aromatic heterocycles. The topological polar surface area (TPSA) is 60.7 Å². The lowest BCUT2D eigenvalue weighted by molar-refractivity contribution is 0.174. The van der Waals surface area contributed by atoms with E-state index in [0.717, 1.165) is 16.9 Å². The van der Waals surface area contributed by atoms with Crippen LogP contribution in [-0.2, 0) is 6.42 Å². The highest BCUT2D eigenvalue weighted by molar-refractivity contribution is 5.48. The van der Waals surface area contributed by atoms with Gasteiger partial charge in [0.1, 0.15) is 11.5 Å². The molecule has 2 aromatic carbocycles. The van der Waals surface area contributed by atoms with Gasteiger partial charge in [0.25, 0.3) is 0 Å². The Morgan fingerprint density at radius 2 is 1.91 bits per heavy atom. The van der Waals surface area contributed by atoms with Crippen LogP contribution in [0.1, 0.15) is 17.0 Å². The van der Waals surface area contributed by atoms with Crippen molar-refractivity contribution < 1.29 is 18.9 Å². The van der Waals surface area contributed by atoms with Crippen LogP contribution in [0.2, 0.25) is 0 Å². The summed E-state index contributed by atoms with van der Waals surface area (Å²) in [5, 5.41) is 9.57. The van der Waals surface area contributed by atoms with Crippen LogP contribution >= 0.6 is 0 Å². The highest BCUT2D eigenvalue weighted by Gasteiger charge is 2.19. The Morgan fingerprint density at radius 3 is 2.65 bits per heavy atom. The van der Waals surface area contributed by atoms with Gasteiger partial charge in [-0.3, -0.25) is 0 Å². The number of hydrogen-bond donors (Lipinski definition) is 0. The lowest BCUT2D eigenvalue weighted by atomic mass is 9.92. The minimum atomic E-state index is -0.299. The lowest BCUT2D eigenvalue weighted by Gasteiger charge is -2.14.